The van der Waals surface area contributed by atoms with Gasteiger partial charge in [0.15, 0.2) is 0 Å². The fourth-order valence-corrected chi connectivity index (χ4v) is 2.36. The number of carbonyl (C=O) groups is 2. The molecule has 3 unspecified atom stereocenters. The average Bonchev–Trinajstić information content (AvgIpc) is 2.74. The number of hydrogen-bond donors (Lipinski definition) is 3. The zero-order chi connectivity index (χ0) is 12.8. The van der Waals surface area contributed by atoms with E-state index in [2.05, 4.69) is 5.32 Å². The lowest BCUT2D eigenvalue weighted by atomic mass is 10.0. The van der Waals surface area contributed by atoms with Crippen LogP contribution in [0.5, 0.6) is 0 Å². The minimum atomic E-state index is -0.759. The maximum Gasteiger partial charge on any atom is 0.306 e. The van der Waals surface area contributed by atoms with Gasteiger partial charge in [0.05, 0.1) is 11.8 Å². The van der Waals surface area contributed by atoms with E-state index < -0.39 is 5.97 Å². The molecule has 1 aliphatic carbocycles. The normalized spacial score (nSPS) is 25.5. The van der Waals surface area contributed by atoms with Gasteiger partial charge in [-0.2, -0.15) is 0 Å². The highest BCUT2D eigenvalue weighted by Gasteiger charge is 2.31. The Balaban J connectivity index is 2.39. The Morgan fingerprint density at radius 2 is 2.18 bits per heavy atom. The van der Waals surface area contributed by atoms with Gasteiger partial charge < -0.3 is 16.2 Å². The summed E-state index contributed by atoms with van der Waals surface area (Å²) in [4.78, 5) is 22.7. The van der Waals surface area contributed by atoms with Gasteiger partial charge in [-0.3, -0.25) is 9.59 Å². The summed E-state index contributed by atoms with van der Waals surface area (Å²) in [7, 11) is 0. The van der Waals surface area contributed by atoms with Gasteiger partial charge in [0, 0.05) is 12.6 Å². The van der Waals surface area contributed by atoms with E-state index in [9.17, 15) is 9.59 Å². The van der Waals surface area contributed by atoms with Crippen molar-refractivity contribution in [2.75, 3.05) is 6.54 Å². The van der Waals surface area contributed by atoms with Crippen LogP contribution in [0.3, 0.4) is 0 Å². The average molecular weight is 242 g/mol. The number of carboxylic acids is 1. The van der Waals surface area contributed by atoms with Crippen LogP contribution in [0.25, 0.3) is 0 Å². The minimum Gasteiger partial charge on any atom is -0.481 e. The van der Waals surface area contributed by atoms with E-state index in [1.807, 2.05) is 6.92 Å². The lowest BCUT2D eigenvalue weighted by Crippen LogP contribution is -2.40. The molecule has 1 rings (SSSR count). The van der Waals surface area contributed by atoms with Crippen molar-refractivity contribution in [3.8, 4) is 0 Å². The standard InChI is InChI=1S/C12H22N2O3/c1-2-3-9(7-13)11(15)14-10-5-4-8(6-10)12(16)17/h8-10H,2-7,13H2,1H3,(H,14,15)(H,16,17). The van der Waals surface area contributed by atoms with Crippen molar-refractivity contribution in [3.63, 3.8) is 0 Å². The predicted octanol–water partition coefficient (Wildman–Crippen LogP) is 0.731. The number of carbonyl (C=O) groups excluding carboxylic acids is 1. The molecule has 1 fully saturated rings. The van der Waals surface area contributed by atoms with Gasteiger partial charge >= 0.3 is 5.97 Å². The number of rotatable bonds is 6. The maximum absolute atomic E-state index is 11.9. The molecule has 98 valence electrons. The van der Waals surface area contributed by atoms with Gasteiger partial charge in [-0.05, 0) is 25.7 Å². The first-order valence-electron chi connectivity index (χ1n) is 6.31. The van der Waals surface area contributed by atoms with Crippen molar-refractivity contribution in [1.29, 1.82) is 0 Å². The van der Waals surface area contributed by atoms with Crippen LogP contribution in [-0.2, 0) is 9.59 Å². The van der Waals surface area contributed by atoms with Crippen LogP contribution in [0.1, 0.15) is 39.0 Å². The maximum atomic E-state index is 11.9. The van der Waals surface area contributed by atoms with Crippen molar-refractivity contribution < 1.29 is 14.7 Å². The first-order valence-corrected chi connectivity index (χ1v) is 6.31. The summed E-state index contributed by atoms with van der Waals surface area (Å²) in [5.41, 5.74) is 5.55. The molecular weight excluding hydrogens is 220 g/mol. The quantitative estimate of drug-likeness (QED) is 0.640. The Bertz CT molecular complexity index is 281. The van der Waals surface area contributed by atoms with Crippen LogP contribution in [0, 0.1) is 11.8 Å². The van der Waals surface area contributed by atoms with Crippen molar-refractivity contribution in [2.45, 2.75) is 45.1 Å². The third-order valence-electron chi connectivity index (χ3n) is 3.42. The van der Waals surface area contributed by atoms with Crippen LogP contribution in [0.2, 0.25) is 0 Å². The molecule has 0 saturated heterocycles. The van der Waals surface area contributed by atoms with Crippen molar-refractivity contribution >= 4 is 11.9 Å². The van der Waals surface area contributed by atoms with Crippen LogP contribution >= 0.6 is 0 Å². The Morgan fingerprint density at radius 3 is 2.65 bits per heavy atom. The molecule has 3 atom stereocenters. The Morgan fingerprint density at radius 1 is 1.47 bits per heavy atom. The third-order valence-corrected chi connectivity index (χ3v) is 3.42. The SMILES string of the molecule is CCCC(CN)C(=O)NC1CCC(C(=O)O)C1. The summed E-state index contributed by atoms with van der Waals surface area (Å²) in [6.45, 7) is 2.38. The van der Waals surface area contributed by atoms with Gasteiger partial charge in [-0.15, -0.1) is 0 Å². The predicted molar refractivity (Wildman–Crippen MR) is 64.4 cm³/mol. The van der Waals surface area contributed by atoms with Crippen LogP contribution in [-0.4, -0.2) is 29.6 Å². The van der Waals surface area contributed by atoms with Crippen molar-refractivity contribution in [2.24, 2.45) is 17.6 Å². The molecule has 0 aromatic heterocycles. The van der Waals surface area contributed by atoms with Gasteiger partial charge in [0.2, 0.25) is 5.91 Å². The molecule has 0 aromatic rings. The summed E-state index contributed by atoms with van der Waals surface area (Å²) >= 11 is 0. The van der Waals surface area contributed by atoms with Crippen LogP contribution < -0.4 is 11.1 Å². The van der Waals surface area contributed by atoms with E-state index in [4.69, 9.17) is 10.8 Å². The molecule has 5 nitrogen and oxygen atoms in total. The molecule has 1 saturated carbocycles. The highest BCUT2D eigenvalue weighted by Crippen LogP contribution is 2.25. The molecule has 0 radical (unpaired) electrons. The fourth-order valence-electron chi connectivity index (χ4n) is 2.36. The van der Waals surface area contributed by atoms with Gasteiger partial charge in [0.1, 0.15) is 0 Å². The minimum absolute atomic E-state index is 0.00880. The highest BCUT2D eigenvalue weighted by atomic mass is 16.4. The number of nitrogens with one attached hydrogen (secondary N) is 1. The smallest absolute Gasteiger partial charge is 0.306 e. The van der Waals surface area contributed by atoms with Crippen LogP contribution in [0.4, 0.5) is 0 Å². The van der Waals surface area contributed by atoms with Gasteiger partial charge in [0.25, 0.3) is 0 Å². The second kappa shape index (κ2) is 6.59. The summed E-state index contributed by atoms with van der Waals surface area (Å²) < 4.78 is 0. The third kappa shape index (κ3) is 4.00. The first-order chi connectivity index (χ1) is 8.08. The Hall–Kier alpha value is -1.10. The first kappa shape index (κ1) is 14.0. The molecule has 5 heteroatoms. The molecule has 17 heavy (non-hydrogen) atoms. The molecule has 0 aromatic carbocycles. The zero-order valence-electron chi connectivity index (χ0n) is 10.3. The van der Waals surface area contributed by atoms with E-state index in [1.54, 1.807) is 0 Å². The molecule has 1 amide bonds. The topological polar surface area (TPSA) is 92.4 Å². The van der Waals surface area contributed by atoms with E-state index in [0.717, 1.165) is 19.3 Å². The lowest BCUT2D eigenvalue weighted by Gasteiger charge is -2.18. The number of amides is 1. The molecule has 0 spiro atoms. The van der Waals surface area contributed by atoms with Gasteiger partial charge in [-0.1, -0.05) is 13.3 Å². The monoisotopic (exact) mass is 242 g/mol. The molecule has 0 aliphatic heterocycles. The molecular formula is C12H22N2O3. The summed E-state index contributed by atoms with van der Waals surface area (Å²) in [6, 6.07) is 0.00880. The second-order valence-electron chi connectivity index (χ2n) is 4.78. The molecule has 1 aliphatic rings. The van der Waals surface area contributed by atoms with Gasteiger partial charge in [-0.25, -0.2) is 0 Å². The zero-order valence-corrected chi connectivity index (χ0v) is 10.3. The van der Waals surface area contributed by atoms with E-state index in [1.165, 1.54) is 0 Å². The fraction of sp³-hybridized carbons (Fsp3) is 0.833. The molecule has 0 heterocycles. The summed E-state index contributed by atoms with van der Waals surface area (Å²) in [5, 5.41) is 11.8. The van der Waals surface area contributed by atoms with E-state index >= 15 is 0 Å². The highest BCUT2D eigenvalue weighted by molar-refractivity contribution is 5.79. The largest absolute Gasteiger partial charge is 0.481 e. The number of carboxylic acid groups (broad SMARTS) is 1. The summed E-state index contributed by atoms with van der Waals surface area (Å²) in [5.74, 6) is -1.22. The van der Waals surface area contributed by atoms with Crippen molar-refractivity contribution in [1.82, 2.24) is 5.32 Å². The number of nitrogens with two attached hydrogens (primary N) is 1. The number of hydrogen-bond acceptors (Lipinski definition) is 3. The van der Waals surface area contributed by atoms with Crippen molar-refractivity contribution in [3.05, 3.63) is 0 Å². The number of aliphatic carboxylic acids is 1. The van der Waals surface area contributed by atoms with Crippen LogP contribution in [0.15, 0.2) is 0 Å². The molecule has 4 N–H and O–H groups in total. The van der Waals surface area contributed by atoms with E-state index in [-0.39, 0.29) is 23.8 Å². The summed E-state index contributed by atoms with van der Waals surface area (Å²) in [6.07, 6.45) is 3.67. The Labute approximate surface area is 102 Å². The lowest BCUT2D eigenvalue weighted by molar-refractivity contribution is -0.141. The van der Waals surface area contributed by atoms with E-state index in [0.29, 0.717) is 19.4 Å². The molecule has 0 bridgehead atoms. The second-order valence-corrected chi connectivity index (χ2v) is 4.78. The Kier molecular flexibility index (Phi) is 5.41.